The molecule has 2 aliphatic rings. The number of hydrogen-bond acceptors (Lipinski definition) is 5. The van der Waals surface area contributed by atoms with Crippen molar-refractivity contribution >= 4 is 43.6 Å². The highest BCUT2D eigenvalue weighted by Gasteiger charge is 2.24. The summed E-state index contributed by atoms with van der Waals surface area (Å²) in [5, 5.41) is 5.13. The minimum Gasteiger partial charge on any atom is -0.487 e. The largest absolute Gasteiger partial charge is 0.487 e. The number of rotatable bonds is 0. The molecule has 0 aliphatic carbocycles. The van der Waals surface area contributed by atoms with Gasteiger partial charge >= 0.3 is 0 Å². The van der Waals surface area contributed by atoms with Gasteiger partial charge in [0.25, 0.3) is 0 Å². The van der Waals surface area contributed by atoms with Gasteiger partial charge in [-0.15, -0.1) is 0 Å². The van der Waals surface area contributed by atoms with Crippen molar-refractivity contribution in [2.24, 2.45) is 0 Å². The second-order valence-electron chi connectivity index (χ2n) is 10.7. The molecule has 4 aromatic carbocycles. The summed E-state index contributed by atoms with van der Waals surface area (Å²) in [5.41, 5.74) is 7.48. The smallest absolute Gasteiger partial charge is 0.161 e. The number of nitrogens with zero attached hydrogens (tertiary/aromatic N) is 2. The third-order valence-corrected chi connectivity index (χ3v) is 8.30. The average molecular weight is 549 g/mol. The Hall–Kier alpha value is -4.04. The standard InChI is InChI=1S/C34H32N2O5/c1-3-7-29-25(5-1)27-9-10-28-26-6-2-4-8-30(26)36-22-24-20-32-31(19-23(24)21-35(29)33(27)34(28)36)40-17-15-38-13-11-37-12-14-39-16-18-41-32/h1-10,19-20H,11-18,21-22H2. The van der Waals surface area contributed by atoms with E-state index >= 15 is 0 Å². The molecule has 7 nitrogen and oxygen atoms in total. The second-order valence-corrected chi connectivity index (χ2v) is 10.7. The fourth-order valence-electron chi connectivity index (χ4n) is 6.47. The van der Waals surface area contributed by atoms with Crippen molar-refractivity contribution in [3.8, 4) is 11.5 Å². The maximum Gasteiger partial charge on any atom is 0.161 e. The molecule has 41 heavy (non-hydrogen) atoms. The molecular formula is C34H32N2O5. The topological polar surface area (TPSA) is 56.0 Å². The van der Waals surface area contributed by atoms with Crippen molar-refractivity contribution in [1.82, 2.24) is 9.13 Å². The van der Waals surface area contributed by atoms with Gasteiger partial charge in [0.05, 0.1) is 50.7 Å². The Labute approximate surface area is 237 Å². The van der Waals surface area contributed by atoms with Crippen LogP contribution in [0, 0.1) is 0 Å². The van der Waals surface area contributed by atoms with Crippen LogP contribution in [0.3, 0.4) is 0 Å². The van der Waals surface area contributed by atoms with Crippen LogP contribution in [0.5, 0.6) is 11.5 Å². The van der Waals surface area contributed by atoms with Crippen molar-refractivity contribution < 1.29 is 23.7 Å². The van der Waals surface area contributed by atoms with E-state index in [0.717, 1.165) is 24.6 Å². The summed E-state index contributed by atoms with van der Waals surface area (Å²) in [7, 11) is 0. The molecule has 0 atom stereocenters. The first-order valence-electron chi connectivity index (χ1n) is 14.4. The summed E-state index contributed by atoms with van der Waals surface area (Å²) < 4.78 is 34.5. The summed E-state index contributed by atoms with van der Waals surface area (Å²) in [4.78, 5) is 0. The molecule has 0 fully saturated rings. The van der Waals surface area contributed by atoms with E-state index in [1.807, 2.05) is 0 Å². The minimum atomic E-state index is 0.439. The van der Waals surface area contributed by atoms with Gasteiger partial charge in [-0.3, -0.25) is 0 Å². The lowest BCUT2D eigenvalue weighted by molar-refractivity contribution is 0.00708. The van der Waals surface area contributed by atoms with E-state index in [1.54, 1.807) is 0 Å². The normalized spacial score (nSPS) is 16.9. The number of fused-ring (bicyclic) bond motifs is 8. The molecule has 2 aliphatic heterocycles. The molecule has 8 rings (SSSR count). The van der Waals surface area contributed by atoms with Gasteiger partial charge < -0.3 is 32.8 Å². The number of benzene rings is 4. The van der Waals surface area contributed by atoms with Gasteiger partial charge in [0.2, 0.25) is 0 Å². The zero-order chi connectivity index (χ0) is 27.2. The summed E-state index contributed by atoms with van der Waals surface area (Å²) >= 11 is 0. The first-order chi connectivity index (χ1) is 20.4. The lowest BCUT2D eigenvalue weighted by atomic mass is 10.0. The molecule has 0 radical (unpaired) electrons. The molecule has 0 amide bonds. The van der Waals surface area contributed by atoms with E-state index in [4.69, 9.17) is 23.7 Å². The van der Waals surface area contributed by atoms with Crippen LogP contribution in [0.2, 0.25) is 0 Å². The lowest BCUT2D eigenvalue weighted by Gasteiger charge is -2.22. The zero-order valence-electron chi connectivity index (χ0n) is 22.9. The van der Waals surface area contributed by atoms with Crippen LogP contribution in [-0.2, 0) is 27.3 Å². The Morgan fingerprint density at radius 1 is 0.439 bits per heavy atom. The third-order valence-electron chi connectivity index (χ3n) is 8.30. The van der Waals surface area contributed by atoms with Crippen molar-refractivity contribution in [1.29, 1.82) is 0 Å². The molecule has 0 N–H and O–H groups in total. The first kappa shape index (κ1) is 24.7. The van der Waals surface area contributed by atoms with Crippen molar-refractivity contribution in [3.05, 3.63) is 83.9 Å². The summed E-state index contributed by atoms with van der Waals surface area (Å²) in [6, 6.07) is 26.4. The molecule has 0 saturated carbocycles. The van der Waals surface area contributed by atoms with Gasteiger partial charge in [-0.2, -0.15) is 0 Å². The van der Waals surface area contributed by atoms with Gasteiger partial charge in [0, 0.05) is 45.7 Å². The predicted octanol–water partition coefficient (Wildman–Crippen LogP) is 6.13. The van der Waals surface area contributed by atoms with E-state index in [9.17, 15) is 0 Å². The fraction of sp³-hybridized carbons (Fsp3) is 0.294. The number of ether oxygens (including phenoxy) is 5. The van der Waals surface area contributed by atoms with Gasteiger partial charge in [0.15, 0.2) is 11.5 Å². The number of para-hydroxylation sites is 2. The zero-order valence-corrected chi connectivity index (χ0v) is 22.9. The highest BCUT2D eigenvalue weighted by atomic mass is 16.6. The maximum atomic E-state index is 6.28. The van der Waals surface area contributed by atoms with Crippen LogP contribution in [-0.4, -0.2) is 62.0 Å². The SMILES string of the molecule is c1ccc2c(c1)c1ccc3c4ccccc4n4c3c1n2Cc1cc2c(cc1C4)OCCOCCOCCOCCO2. The Kier molecular flexibility index (Phi) is 6.28. The highest BCUT2D eigenvalue weighted by molar-refractivity contribution is 6.22. The Morgan fingerprint density at radius 2 is 0.854 bits per heavy atom. The van der Waals surface area contributed by atoms with E-state index in [1.165, 1.54) is 54.7 Å². The van der Waals surface area contributed by atoms with Crippen LogP contribution in [0.4, 0.5) is 0 Å². The molecule has 2 aromatic heterocycles. The maximum absolute atomic E-state index is 6.28. The van der Waals surface area contributed by atoms with Crippen LogP contribution >= 0.6 is 0 Å². The minimum absolute atomic E-state index is 0.439. The Bertz CT molecular complexity index is 1770. The van der Waals surface area contributed by atoms with Gasteiger partial charge in [-0.1, -0.05) is 48.5 Å². The van der Waals surface area contributed by atoms with Gasteiger partial charge in [0.1, 0.15) is 13.2 Å². The van der Waals surface area contributed by atoms with Crippen LogP contribution in [0.1, 0.15) is 11.1 Å². The fourth-order valence-corrected chi connectivity index (χ4v) is 6.47. The molecule has 0 saturated heterocycles. The van der Waals surface area contributed by atoms with Crippen molar-refractivity contribution in [2.45, 2.75) is 13.1 Å². The second kappa shape index (κ2) is 10.4. The summed E-state index contributed by atoms with van der Waals surface area (Å²) in [6.07, 6.45) is 0. The van der Waals surface area contributed by atoms with Crippen LogP contribution in [0.15, 0.2) is 72.8 Å². The molecular weight excluding hydrogens is 516 g/mol. The summed E-state index contributed by atoms with van der Waals surface area (Å²) in [6.45, 7) is 5.50. The molecule has 4 heterocycles. The predicted molar refractivity (Wildman–Crippen MR) is 161 cm³/mol. The Morgan fingerprint density at radius 3 is 1.32 bits per heavy atom. The number of hydrogen-bond donors (Lipinski definition) is 0. The van der Waals surface area contributed by atoms with Crippen LogP contribution in [0.25, 0.3) is 43.6 Å². The Balaban J connectivity index is 1.31. The van der Waals surface area contributed by atoms with Gasteiger partial charge in [-0.05, 0) is 35.4 Å². The first-order valence-corrected chi connectivity index (χ1v) is 14.4. The van der Waals surface area contributed by atoms with E-state index in [2.05, 4.69) is 81.9 Å². The molecule has 6 aromatic rings. The quantitative estimate of drug-likeness (QED) is 0.228. The number of aromatic nitrogens is 2. The average Bonchev–Trinajstić information content (AvgIpc) is 3.48. The molecule has 0 unspecified atom stereocenters. The monoisotopic (exact) mass is 548 g/mol. The molecule has 0 spiro atoms. The third kappa shape index (κ3) is 4.23. The van der Waals surface area contributed by atoms with Crippen molar-refractivity contribution in [3.63, 3.8) is 0 Å². The van der Waals surface area contributed by atoms with E-state index in [0.29, 0.717) is 52.9 Å². The molecule has 0 bridgehead atoms. The lowest BCUT2D eigenvalue weighted by Crippen LogP contribution is -2.14. The highest BCUT2D eigenvalue weighted by Crippen LogP contribution is 2.42. The van der Waals surface area contributed by atoms with E-state index < -0.39 is 0 Å². The molecule has 208 valence electrons. The van der Waals surface area contributed by atoms with Crippen LogP contribution < -0.4 is 9.47 Å². The van der Waals surface area contributed by atoms with E-state index in [-0.39, 0.29) is 0 Å². The summed E-state index contributed by atoms with van der Waals surface area (Å²) in [5.74, 6) is 1.48. The van der Waals surface area contributed by atoms with Gasteiger partial charge in [-0.25, -0.2) is 0 Å². The molecule has 7 heteroatoms. The van der Waals surface area contributed by atoms with Crippen molar-refractivity contribution in [2.75, 3.05) is 52.9 Å².